The molecule has 2 rings (SSSR count). The molecule has 0 amide bonds. The number of methoxy groups -OCH3 is 1. The maximum Gasteiger partial charge on any atom is 0.306 e. The van der Waals surface area contributed by atoms with Gasteiger partial charge in [0.2, 0.25) is 5.95 Å². The molecule has 2 heterocycles. The van der Waals surface area contributed by atoms with Crippen LogP contribution in [0.1, 0.15) is 13.3 Å². The van der Waals surface area contributed by atoms with E-state index in [1.165, 1.54) is 18.9 Å². The molecule has 0 aliphatic heterocycles. The van der Waals surface area contributed by atoms with Crippen molar-refractivity contribution >= 4 is 23.7 Å². The average Bonchev–Trinajstić information content (AvgIpc) is 3.01. The molecule has 0 fully saturated rings. The first-order valence-corrected chi connectivity index (χ1v) is 7.41. The molecule has 0 saturated heterocycles. The average molecular weight is 308 g/mol. The van der Waals surface area contributed by atoms with E-state index in [2.05, 4.69) is 30.1 Å². The third kappa shape index (κ3) is 4.42. The van der Waals surface area contributed by atoms with Gasteiger partial charge in [-0.15, -0.1) is 0 Å². The van der Waals surface area contributed by atoms with E-state index in [1.54, 1.807) is 23.1 Å². The van der Waals surface area contributed by atoms with Crippen LogP contribution in [-0.4, -0.2) is 50.1 Å². The molecule has 9 heteroatoms. The van der Waals surface area contributed by atoms with Crippen molar-refractivity contribution in [2.45, 2.75) is 18.5 Å². The summed E-state index contributed by atoms with van der Waals surface area (Å²) in [5.74, 6) is 1.21. The summed E-state index contributed by atoms with van der Waals surface area (Å²) in [5.41, 5.74) is 0. The van der Waals surface area contributed by atoms with Crippen LogP contribution >= 0.6 is 11.8 Å². The van der Waals surface area contributed by atoms with Gasteiger partial charge in [-0.3, -0.25) is 4.79 Å². The van der Waals surface area contributed by atoms with Gasteiger partial charge in [0.15, 0.2) is 5.16 Å². The number of thioether (sulfide) groups is 1. The minimum absolute atomic E-state index is 0.254. The van der Waals surface area contributed by atoms with Crippen molar-refractivity contribution in [2.24, 2.45) is 0 Å². The van der Waals surface area contributed by atoms with Crippen LogP contribution in [0.5, 0.6) is 0 Å². The molecule has 1 N–H and O–H groups in total. The highest BCUT2D eigenvalue weighted by atomic mass is 32.2. The van der Waals surface area contributed by atoms with Crippen molar-refractivity contribution in [1.82, 2.24) is 24.7 Å². The van der Waals surface area contributed by atoms with Gasteiger partial charge in [0.1, 0.15) is 0 Å². The van der Waals surface area contributed by atoms with Crippen LogP contribution in [-0.2, 0) is 9.53 Å². The number of nitrogens with one attached hydrogen (secondary N) is 1. The summed E-state index contributed by atoms with van der Waals surface area (Å²) in [7, 11) is 1.37. The first kappa shape index (κ1) is 15.2. The summed E-state index contributed by atoms with van der Waals surface area (Å²) in [6, 6.07) is 1.79. The Kier molecular flexibility index (Phi) is 5.50. The van der Waals surface area contributed by atoms with E-state index in [0.29, 0.717) is 35.8 Å². The van der Waals surface area contributed by atoms with E-state index >= 15 is 0 Å². The predicted octanol–water partition coefficient (Wildman–Crippen LogP) is 1.14. The van der Waals surface area contributed by atoms with Gasteiger partial charge >= 0.3 is 5.97 Å². The smallest absolute Gasteiger partial charge is 0.306 e. The van der Waals surface area contributed by atoms with Crippen LogP contribution in [0.4, 0.5) is 5.95 Å². The second-order valence-corrected chi connectivity index (χ2v) is 4.96. The molecule has 0 bridgehead atoms. The van der Waals surface area contributed by atoms with Gasteiger partial charge in [0, 0.05) is 24.7 Å². The molecule has 8 nitrogen and oxygen atoms in total. The SMILES string of the molecule is CCNc1nc(SCCC(=O)OC)nc(-n2cccn2)n1. The van der Waals surface area contributed by atoms with Crippen molar-refractivity contribution in [3.05, 3.63) is 18.5 Å². The van der Waals surface area contributed by atoms with E-state index in [0.717, 1.165) is 0 Å². The Morgan fingerprint density at radius 2 is 2.29 bits per heavy atom. The fourth-order valence-electron chi connectivity index (χ4n) is 1.46. The zero-order chi connectivity index (χ0) is 15.1. The second-order valence-electron chi connectivity index (χ2n) is 3.90. The molecule has 21 heavy (non-hydrogen) atoms. The highest BCUT2D eigenvalue weighted by molar-refractivity contribution is 7.99. The minimum atomic E-state index is -0.254. The highest BCUT2D eigenvalue weighted by Crippen LogP contribution is 2.17. The lowest BCUT2D eigenvalue weighted by molar-refractivity contribution is -0.140. The second kappa shape index (κ2) is 7.58. The molecule has 0 radical (unpaired) electrons. The summed E-state index contributed by atoms with van der Waals surface area (Å²) < 4.78 is 6.16. The monoisotopic (exact) mass is 308 g/mol. The third-order valence-electron chi connectivity index (χ3n) is 2.41. The summed E-state index contributed by atoms with van der Waals surface area (Å²) in [6.07, 6.45) is 3.72. The first-order chi connectivity index (χ1) is 10.2. The van der Waals surface area contributed by atoms with E-state index < -0.39 is 0 Å². The van der Waals surface area contributed by atoms with Crippen molar-refractivity contribution in [2.75, 3.05) is 24.7 Å². The minimum Gasteiger partial charge on any atom is -0.469 e. The van der Waals surface area contributed by atoms with Crippen molar-refractivity contribution < 1.29 is 9.53 Å². The van der Waals surface area contributed by atoms with Gasteiger partial charge in [0.25, 0.3) is 5.95 Å². The van der Waals surface area contributed by atoms with Crippen molar-refractivity contribution in [3.8, 4) is 5.95 Å². The Labute approximate surface area is 126 Å². The zero-order valence-electron chi connectivity index (χ0n) is 11.8. The van der Waals surface area contributed by atoms with Crippen LogP contribution in [0.15, 0.2) is 23.6 Å². The largest absolute Gasteiger partial charge is 0.469 e. The fourth-order valence-corrected chi connectivity index (χ4v) is 2.21. The maximum atomic E-state index is 11.1. The molecule has 112 valence electrons. The van der Waals surface area contributed by atoms with Crippen LogP contribution in [0, 0.1) is 0 Å². The van der Waals surface area contributed by atoms with Crippen LogP contribution in [0.25, 0.3) is 5.95 Å². The summed E-state index contributed by atoms with van der Waals surface area (Å²) in [5, 5.41) is 7.69. The molecular weight excluding hydrogens is 292 g/mol. The number of esters is 1. The number of aromatic nitrogens is 5. The number of anilines is 1. The lowest BCUT2D eigenvalue weighted by Gasteiger charge is -2.07. The molecule has 0 aliphatic carbocycles. The van der Waals surface area contributed by atoms with E-state index in [4.69, 9.17) is 0 Å². The Morgan fingerprint density at radius 3 is 2.95 bits per heavy atom. The molecule has 0 atom stereocenters. The molecule has 0 aliphatic rings. The standard InChI is InChI=1S/C12H16N6O2S/c1-3-13-10-15-11(18-7-4-6-14-18)17-12(16-10)21-8-5-9(19)20-2/h4,6-7H,3,5,8H2,1-2H3,(H,13,15,16,17). The normalized spacial score (nSPS) is 10.4. The zero-order valence-corrected chi connectivity index (χ0v) is 12.6. The third-order valence-corrected chi connectivity index (χ3v) is 3.26. The van der Waals surface area contributed by atoms with Gasteiger partial charge in [-0.2, -0.15) is 20.1 Å². The Balaban J connectivity index is 2.14. The first-order valence-electron chi connectivity index (χ1n) is 6.42. The Hall–Kier alpha value is -2.16. The van der Waals surface area contributed by atoms with Crippen LogP contribution < -0.4 is 5.32 Å². The number of carbonyl (C=O) groups excluding carboxylic acids is 1. The van der Waals surface area contributed by atoms with E-state index in [-0.39, 0.29) is 5.97 Å². The van der Waals surface area contributed by atoms with Gasteiger partial charge < -0.3 is 10.1 Å². The summed E-state index contributed by atoms with van der Waals surface area (Å²) in [6.45, 7) is 2.66. The number of hydrogen-bond donors (Lipinski definition) is 1. The summed E-state index contributed by atoms with van der Waals surface area (Å²) in [4.78, 5) is 24.0. The molecule has 0 aromatic carbocycles. The highest BCUT2D eigenvalue weighted by Gasteiger charge is 2.09. The quantitative estimate of drug-likeness (QED) is 0.601. The lowest BCUT2D eigenvalue weighted by atomic mass is 10.5. The van der Waals surface area contributed by atoms with Gasteiger partial charge in [0.05, 0.1) is 13.5 Å². The Morgan fingerprint density at radius 1 is 1.43 bits per heavy atom. The molecule has 2 aromatic heterocycles. The van der Waals surface area contributed by atoms with E-state index in [1.807, 2.05) is 6.92 Å². The van der Waals surface area contributed by atoms with Gasteiger partial charge in [-0.25, -0.2) is 4.68 Å². The topological polar surface area (TPSA) is 94.8 Å². The van der Waals surface area contributed by atoms with Crippen molar-refractivity contribution in [1.29, 1.82) is 0 Å². The molecular formula is C12H16N6O2S. The predicted molar refractivity (Wildman–Crippen MR) is 78.5 cm³/mol. The Bertz CT molecular complexity index is 589. The number of ether oxygens (including phenoxy) is 1. The van der Waals surface area contributed by atoms with Crippen LogP contribution in [0.3, 0.4) is 0 Å². The molecule has 2 aromatic rings. The van der Waals surface area contributed by atoms with Crippen LogP contribution in [0.2, 0.25) is 0 Å². The summed E-state index contributed by atoms with van der Waals surface area (Å²) >= 11 is 1.37. The van der Waals surface area contributed by atoms with E-state index in [9.17, 15) is 4.79 Å². The molecule has 0 spiro atoms. The van der Waals surface area contributed by atoms with Crippen molar-refractivity contribution in [3.63, 3.8) is 0 Å². The number of nitrogens with zero attached hydrogens (tertiary/aromatic N) is 5. The molecule has 0 unspecified atom stereocenters. The van der Waals surface area contributed by atoms with Gasteiger partial charge in [-0.05, 0) is 13.0 Å². The number of hydrogen-bond acceptors (Lipinski definition) is 8. The van der Waals surface area contributed by atoms with Gasteiger partial charge in [-0.1, -0.05) is 11.8 Å². The number of carbonyl (C=O) groups is 1. The fraction of sp³-hybridized carbons (Fsp3) is 0.417. The molecule has 0 saturated carbocycles. The lowest BCUT2D eigenvalue weighted by Crippen LogP contribution is -2.10. The number of rotatable bonds is 7. The maximum absolute atomic E-state index is 11.1.